The van der Waals surface area contributed by atoms with E-state index >= 15 is 0 Å². The Bertz CT molecular complexity index is 1010. The van der Waals surface area contributed by atoms with Gasteiger partial charge in [-0.25, -0.2) is 9.59 Å². The number of hydrogen-bond donors (Lipinski definition) is 0. The molecule has 0 aromatic heterocycles. The molecule has 4 rings (SSSR count). The lowest BCUT2D eigenvalue weighted by Gasteiger charge is -2.39. The number of ether oxygens (including phenoxy) is 2. The average Bonchev–Trinajstić information content (AvgIpc) is 2.83. The number of benzene rings is 2. The largest absolute Gasteiger partial charge is 0.487 e. The summed E-state index contributed by atoms with van der Waals surface area (Å²) in [5, 5.41) is 1.61. The van der Waals surface area contributed by atoms with Gasteiger partial charge in [-0.3, -0.25) is 0 Å². The van der Waals surface area contributed by atoms with Crippen LogP contribution >= 0.6 is 0 Å². The molecule has 1 fully saturated rings. The van der Waals surface area contributed by atoms with E-state index < -0.39 is 11.6 Å². The second kappa shape index (κ2) is 9.83. The van der Waals surface area contributed by atoms with E-state index in [9.17, 15) is 9.59 Å². The highest BCUT2D eigenvalue weighted by atomic mass is 16.7. The maximum absolute atomic E-state index is 12.6. The number of hydroxylamine groups is 1. The predicted octanol–water partition coefficient (Wildman–Crippen LogP) is 4.49. The third kappa shape index (κ3) is 5.38. The summed E-state index contributed by atoms with van der Waals surface area (Å²) < 4.78 is 11.6. The zero-order chi connectivity index (χ0) is 24.3. The van der Waals surface area contributed by atoms with E-state index in [1.165, 1.54) is 0 Å². The highest BCUT2D eigenvalue weighted by Crippen LogP contribution is 2.41. The fraction of sp³-hybridized carbons (Fsp3) is 0.462. The Morgan fingerprint density at radius 1 is 0.971 bits per heavy atom. The lowest BCUT2D eigenvalue weighted by Crippen LogP contribution is -2.47. The monoisotopic (exact) mass is 467 g/mol. The van der Waals surface area contributed by atoms with Crippen LogP contribution in [0.3, 0.4) is 0 Å². The van der Waals surface area contributed by atoms with Gasteiger partial charge in [-0.1, -0.05) is 24.3 Å². The number of rotatable bonds is 4. The van der Waals surface area contributed by atoms with Crippen molar-refractivity contribution in [3.63, 3.8) is 0 Å². The van der Waals surface area contributed by atoms with Gasteiger partial charge in [-0.2, -0.15) is 5.06 Å². The van der Waals surface area contributed by atoms with Gasteiger partial charge in [-0.05, 0) is 57.9 Å². The van der Waals surface area contributed by atoms with Gasteiger partial charge in [0, 0.05) is 26.2 Å². The van der Waals surface area contributed by atoms with Crippen LogP contribution in [-0.2, 0) is 9.57 Å². The Kier molecular flexibility index (Phi) is 6.86. The van der Waals surface area contributed by atoms with E-state index in [2.05, 4.69) is 4.90 Å². The van der Waals surface area contributed by atoms with Crippen LogP contribution in [-0.4, -0.2) is 61.9 Å². The predicted molar refractivity (Wildman–Crippen MR) is 130 cm³/mol. The molecule has 2 aromatic rings. The lowest BCUT2D eigenvalue weighted by atomic mass is 10.0. The van der Waals surface area contributed by atoms with E-state index in [-0.39, 0.29) is 12.1 Å². The molecule has 0 atom stereocenters. The molecule has 0 radical (unpaired) electrons. The first-order chi connectivity index (χ1) is 16.2. The van der Waals surface area contributed by atoms with Crippen LogP contribution in [0.5, 0.6) is 5.75 Å². The van der Waals surface area contributed by atoms with E-state index in [1.54, 1.807) is 29.1 Å². The van der Waals surface area contributed by atoms with Crippen molar-refractivity contribution < 1.29 is 23.9 Å². The van der Waals surface area contributed by atoms with Crippen LogP contribution in [0.4, 0.5) is 16.2 Å². The van der Waals surface area contributed by atoms with Crippen molar-refractivity contribution in [1.82, 2.24) is 4.90 Å². The second-order valence-corrected chi connectivity index (χ2v) is 9.63. The van der Waals surface area contributed by atoms with Crippen molar-refractivity contribution >= 4 is 23.4 Å². The van der Waals surface area contributed by atoms with Gasteiger partial charge >= 0.3 is 12.1 Å². The zero-order valence-corrected chi connectivity index (χ0v) is 20.3. The SMILES string of the molecule is CN(C(=O)OC(C)(C)C)C1CCN(c2cccc3c2OCCN3OC(=O)c2ccccc2)CC1. The quantitative estimate of drug-likeness (QED) is 0.656. The van der Waals surface area contributed by atoms with Gasteiger partial charge in [0.1, 0.15) is 17.9 Å². The minimum Gasteiger partial charge on any atom is -0.487 e. The van der Waals surface area contributed by atoms with Crippen LogP contribution in [0.15, 0.2) is 48.5 Å². The van der Waals surface area contributed by atoms with Crippen LogP contribution in [0.1, 0.15) is 44.0 Å². The standard InChI is InChI=1S/C26H33N3O5/c1-26(2,3)33-25(31)27(4)20-13-15-28(16-14-20)21-11-8-12-22-23(21)32-18-17-29(22)34-24(30)19-9-6-5-7-10-19/h5-12,20H,13-18H2,1-4H3. The molecule has 0 bridgehead atoms. The minimum atomic E-state index is -0.512. The number of carbonyl (C=O) groups excluding carboxylic acids is 2. The second-order valence-electron chi connectivity index (χ2n) is 9.63. The minimum absolute atomic E-state index is 0.120. The number of para-hydroxylation sites is 1. The van der Waals surface area contributed by atoms with Crippen LogP contribution < -0.4 is 14.7 Å². The number of carbonyl (C=O) groups is 2. The molecule has 8 heteroatoms. The number of anilines is 2. The Balaban J connectivity index is 1.43. The Morgan fingerprint density at radius 3 is 2.32 bits per heavy atom. The van der Waals surface area contributed by atoms with Gasteiger partial charge in [0.15, 0.2) is 5.75 Å². The molecule has 2 heterocycles. The molecule has 2 aromatic carbocycles. The molecule has 1 saturated heterocycles. The van der Waals surface area contributed by atoms with Crippen molar-refractivity contribution in [3.8, 4) is 5.75 Å². The van der Waals surface area contributed by atoms with Crippen molar-refractivity contribution in [2.75, 3.05) is 43.3 Å². The van der Waals surface area contributed by atoms with Crippen LogP contribution in [0, 0.1) is 0 Å². The topological polar surface area (TPSA) is 71.6 Å². The first-order valence-corrected chi connectivity index (χ1v) is 11.7. The molecule has 2 aliphatic rings. The molecule has 0 N–H and O–H groups in total. The molecule has 0 unspecified atom stereocenters. The summed E-state index contributed by atoms with van der Waals surface area (Å²) in [4.78, 5) is 34.7. The normalized spacial score (nSPS) is 16.4. The van der Waals surface area contributed by atoms with E-state index in [1.807, 2.05) is 57.2 Å². The first-order valence-electron chi connectivity index (χ1n) is 11.7. The fourth-order valence-electron chi connectivity index (χ4n) is 4.26. The van der Waals surface area contributed by atoms with Gasteiger partial charge in [0.05, 0.1) is 17.8 Å². The molecular formula is C26H33N3O5. The number of amides is 1. The molecule has 2 aliphatic heterocycles. The van der Waals surface area contributed by atoms with Crippen molar-refractivity contribution in [3.05, 3.63) is 54.1 Å². The highest BCUT2D eigenvalue weighted by molar-refractivity contribution is 5.90. The molecule has 8 nitrogen and oxygen atoms in total. The summed E-state index contributed by atoms with van der Waals surface area (Å²) in [7, 11) is 1.81. The molecular weight excluding hydrogens is 434 g/mol. The maximum Gasteiger partial charge on any atom is 0.410 e. The molecule has 182 valence electrons. The van der Waals surface area contributed by atoms with E-state index in [4.69, 9.17) is 14.3 Å². The Morgan fingerprint density at radius 2 is 1.65 bits per heavy atom. The van der Waals surface area contributed by atoms with Crippen molar-refractivity contribution in [2.24, 2.45) is 0 Å². The summed E-state index contributed by atoms with van der Waals surface area (Å²) >= 11 is 0. The van der Waals surface area contributed by atoms with Gasteiger partial charge in [-0.15, -0.1) is 0 Å². The van der Waals surface area contributed by atoms with Crippen LogP contribution in [0.2, 0.25) is 0 Å². The number of nitrogens with zero attached hydrogens (tertiary/aromatic N) is 3. The average molecular weight is 468 g/mol. The van der Waals surface area contributed by atoms with Crippen molar-refractivity contribution in [1.29, 1.82) is 0 Å². The Hall–Kier alpha value is -3.42. The molecule has 1 amide bonds. The number of fused-ring (bicyclic) bond motifs is 1. The third-order valence-electron chi connectivity index (χ3n) is 6.02. The zero-order valence-electron chi connectivity index (χ0n) is 20.3. The summed E-state index contributed by atoms with van der Waals surface area (Å²) in [5.41, 5.74) is 1.70. The first kappa shape index (κ1) is 23.7. The summed E-state index contributed by atoms with van der Waals surface area (Å²) in [5.74, 6) is 0.318. The smallest absolute Gasteiger partial charge is 0.410 e. The molecule has 0 aliphatic carbocycles. The number of hydrogen-bond acceptors (Lipinski definition) is 7. The summed E-state index contributed by atoms with van der Waals surface area (Å²) in [6.45, 7) is 8.06. The van der Waals surface area contributed by atoms with Crippen molar-refractivity contribution in [2.45, 2.75) is 45.3 Å². The third-order valence-corrected chi connectivity index (χ3v) is 6.02. The Labute approximate surface area is 200 Å². The fourth-order valence-corrected chi connectivity index (χ4v) is 4.26. The molecule has 0 spiro atoms. The summed E-state index contributed by atoms with van der Waals surface area (Å²) in [6, 6.07) is 15.0. The maximum atomic E-state index is 12.6. The van der Waals surface area contributed by atoms with E-state index in [0.29, 0.717) is 24.5 Å². The lowest BCUT2D eigenvalue weighted by molar-refractivity contribution is 0.0200. The van der Waals surface area contributed by atoms with E-state index in [0.717, 1.165) is 37.3 Å². The van der Waals surface area contributed by atoms with Crippen LogP contribution in [0.25, 0.3) is 0 Å². The van der Waals surface area contributed by atoms with Gasteiger partial charge < -0.3 is 24.1 Å². The molecule has 34 heavy (non-hydrogen) atoms. The van der Waals surface area contributed by atoms with Gasteiger partial charge in [0.2, 0.25) is 0 Å². The highest BCUT2D eigenvalue weighted by Gasteiger charge is 2.31. The van der Waals surface area contributed by atoms with Gasteiger partial charge in [0.25, 0.3) is 0 Å². The molecule has 0 saturated carbocycles. The summed E-state index contributed by atoms with van der Waals surface area (Å²) in [6.07, 6.45) is 1.36. The number of piperidine rings is 1.